The summed E-state index contributed by atoms with van der Waals surface area (Å²) in [6.07, 6.45) is -0.0696. The largest absolute Gasteiger partial charge is 2.00 e. The van der Waals surface area contributed by atoms with E-state index in [1.54, 1.807) is 26.0 Å². The molecule has 20 heteroatoms. The average Bonchev–Trinajstić information content (AvgIpc) is 3.73. The van der Waals surface area contributed by atoms with Gasteiger partial charge in [-0.1, -0.05) is 39.5 Å². The van der Waals surface area contributed by atoms with Crippen LogP contribution < -0.4 is 22.5 Å². The molecule has 0 aliphatic carbocycles. The predicted octanol–water partition coefficient (Wildman–Crippen LogP) is 2.50. The lowest BCUT2D eigenvalue weighted by molar-refractivity contribution is -0.200. The van der Waals surface area contributed by atoms with Crippen LogP contribution in [0.3, 0.4) is 0 Å². The van der Waals surface area contributed by atoms with E-state index in [4.69, 9.17) is 39.1 Å². The maximum absolute atomic E-state index is 11.9. The fourth-order valence-corrected chi connectivity index (χ4v) is 6.97. The van der Waals surface area contributed by atoms with Gasteiger partial charge < -0.3 is 47.0 Å². The summed E-state index contributed by atoms with van der Waals surface area (Å²) in [4.78, 5) is 50.5. The Labute approximate surface area is 324 Å². The zero-order chi connectivity index (χ0) is 37.5. The zero-order valence-corrected chi connectivity index (χ0v) is 31.5. The van der Waals surface area contributed by atoms with Crippen LogP contribution >= 0.6 is 10.7 Å². The van der Waals surface area contributed by atoms with Crippen LogP contribution in [0.15, 0.2) is 72.9 Å². The Morgan fingerprint density at radius 2 is 1.11 bits per heavy atom. The normalized spacial score (nSPS) is 28.4. The first-order chi connectivity index (χ1) is 23.8. The summed E-state index contributed by atoms with van der Waals surface area (Å²) in [6.45, 7) is 10.8. The number of benzene rings is 1. The number of rotatable bonds is 5. The lowest BCUT2D eigenvalue weighted by Gasteiger charge is -2.24. The van der Waals surface area contributed by atoms with Gasteiger partial charge in [0.2, 0.25) is 0 Å². The van der Waals surface area contributed by atoms with Crippen molar-refractivity contribution in [2.45, 2.75) is 128 Å². The van der Waals surface area contributed by atoms with Crippen LogP contribution in [0.4, 0.5) is 0 Å². The molecule has 3 N–H and O–H groups in total. The molecule has 7 rings (SSSR count). The molecule has 304 valence electrons. The van der Waals surface area contributed by atoms with E-state index >= 15 is 0 Å². The van der Waals surface area contributed by atoms with Gasteiger partial charge in [0.25, 0.3) is 20.2 Å². The van der Waals surface area contributed by atoms with Gasteiger partial charge in [-0.2, -0.15) is 0 Å². The molecular formula is C34H49ClN4O13S2-2. The highest BCUT2D eigenvalue weighted by Gasteiger charge is 2.56. The monoisotopic (exact) mass is 820 g/mol. The minimum absolute atomic E-state index is 0. The van der Waals surface area contributed by atoms with Crippen molar-refractivity contribution in [2.24, 2.45) is 0 Å². The molecule has 8 atom stereocenters. The average molecular weight is 821 g/mol. The molecule has 0 spiro atoms. The van der Waals surface area contributed by atoms with Gasteiger partial charge in [0, 0.05) is 35.2 Å². The van der Waals surface area contributed by atoms with E-state index in [2.05, 4.69) is 9.97 Å². The second kappa shape index (κ2) is 18.2. The molecule has 17 nitrogen and oxygen atoms in total. The molecule has 2 unspecified atom stereocenters. The lowest BCUT2D eigenvalue weighted by atomic mass is 10.1. The third kappa shape index (κ3) is 10.6. The number of hydrogen-bond acceptors (Lipinski definition) is 13. The number of aliphatic hydroxyl groups is 1. The molecule has 4 saturated heterocycles. The number of nitrogens with one attached hydrogen (secondary N) is 2. The third-order valence-corrected chi connectivity index (χ3v) is 9.76. The Morgan fingerprint density at radius 3 is 1.48 bits per heavy atom. The van der Waals surface area contributed by atoms with Crippen LogP contribution in [0.25, 0.3) is 0 Å². The minimum atomic E-state index is -3.55. The number of aryl methyl sites for hydroxylation is 1. The predicted molar refractivity (Wildman–Crippen MR) is 201 cm³/mol. The molecule has 0 saturated carbocycles. The van der Waals surface area contributed by atoms with Crippen LogP contribution in [0.5, 0.6) is 0 Å². The van der Waals surface area contributed by atoms with Gasteiger partial charge in [-0.15, -0.1) is 0 Å². The summed E-state index contributed by atoms with van der Waals surface area (Å²) in [7, 11) is 1.54. The minimum Gasteiger partial charge on any atom is -2.00 e. The van der Waals surface area contributed by atoms with E-state index in [9.17, 15) is 32.7 Å². The van der Waals surface area contributed by atoms with Gasteiger partial charge in [0.1, 0.15) is 30.5 Å². The van der Waals surface area contributed by atoms with Gasteiger partial charge in [0.05, 0.1) is 17.6 Å². The summed E-state index contributed by atoms with van der Waals surface area (Å²) < 4.78 is 58.6. The number of nitrogens with zero attached hydrogens (tertiary/aromatic N) is 2. The number of aliphatic hydroxyl groups excluding tert-OH is 1. The van der Waals surface area contributed by atoms with Gasteiger partial charge in [-0.25, -0.2) is 18.0 Å². The number of halogens is 1. The zero-order valence-electron chi connectivity index (χ0n) is 29.1. The molecule has 3 aromatic rings. The highest BCUT2D eigenvalue weighted by atomic mass is 35.7. The molecule has 0 bridgehead atoms. The summed E-state index contributed by atoms with van der Waals surface area (Å²) >= 11 is 0. The first-order valence-corrected chi connectivity index (χ1v) is 18.4. The molecule has 4 aliphatic heterocycles. The molecule has 4 aliphatic rings. The number of fused-ring (bicyclic) bond motifs is 2. The Kier molecular flexibility index (Phi) is 15.9. The molecule has 4 fully saturated rings. The van der Waals surface area contributed by atoms with Crippen molar-refractivity contribution >= 4 is 33.2 Å². The smallest absolute Gasteiger partial charge is 0.330 e. The van der Waals surface area contributed by atoms with Crippen molar-refractivity contribution in [1.82, 2.24) is 19.1 Å². The van der Waals surface area contributed by atoms with E-state index < -0.39 is 73.9 Å². The third-order valence-electron chi connectivity index (χ3n) is 8.39. The maximum Gasteiger partial charge on any atom is 0.330 e. The Bertz CT molecular complexity index is 1940. The number of hydrogen-bond donors (Lipinski definition) is 3. The van der Waals surface area contributed by atoms with E-state index in [0.29, 0.717) is 0 Å². The van der Waals surface area contributed by atoms with Crippen molar-refractivity contribution in [3.05, 3.63) is 96.0 Å². The quantitative estimate of drug-likeness (QED) is 0.316. The highest BCUT2D eigenvalue weighted by Crippen LogP contribution is 2.44. The number of aromatic amines is 2. The molecule has 0 radical (unpaired) electrons. The summed E-state index contributed by atoms with van der Waals surface area (Å²) in [5.41, 5.74) is -1.01. The van der Waals surface area contributed by atoms with Crippen LogP contribution in [-0.4, -0.2) is 87.4 Å². The van der Waals surface area contributed by atoms with Crippen molar-refractivity contribution in [1.29, 1.82) is 0 Å². The van der Waals surface area contributed by atoms with Crippen molar-refractivity contribution in [2.75, 3.05) is 6.61 Å². The van der Waals surface area contributed by atoms with Crippen LogP contribution in [0.1, 0.15) is 73.9 Å². The number of H-pyrrole nitrogens is 2. The SMILES string of the molecule is C.C.CC1(C)OC2[C@@H](CO)O[C@@H](n3ccc(=O)[nH]c3=O)[C@H]2O1.CC[C@H]1O[C@@H](n2ccc(=O)[nH]c2=O)[C@H]2OC(C)(C)OC12.Cc1ccc(S(=O)(=O)Cl)cc1.[S-2]. The van der Waals surface area contributed by atoms with Crippen molar-refractivity contribution in [3.63, 3.8) is 0 Å². The topological polar surface area (TPSA) is 219 Å². The lowest BCUT2D eigenvalue weighted by Crippen LogP contribution is -2.37. The maximum atomic E-state index is 11.9. The summed E-state index contributed by atoms with van der Waals surface area (Å²) in [5.74, 6) is -1.51. The number of aromatic nitrogens is 4. The van der Waals surface area contributed by atoms with Gasteiger partial charge in [0.15, 0.2) is 24.0 Å². The van der Waals surface area contributed by atoms with Crippen LogP contribution in [-0.2, 0) is 51.0 Å². The van der Waals surface area contributed by atoms with E-state index in [1.165, 1.54) is 45.8 Å². The standard InChI is InChI=1S/C13H18N2O5.C12H16N2O6.C7H7ClO2S.2CH4.S/c1-4-7-9-10(20-13(2,3)19-9)11(18-7)15-6-5-8(16)14-12(15)17;1-12(2)19-8-6(5-15)18-10(9(8)20-12)14-4-3-7(16)13-11(14)17;1-6-2-4-7(5-3-6)11(8,9)10;;;/h5-7,9-11H,4H2,1-3H3,(H,14,16,17);3-4,6,8-10,15H,5H2,1-2H3,(H,13,16,17);2-5H,1H3;2*1H4;/q;;;;;-2/t7-,9?,10+,11-;6-,8?,9+,10-;;;;/m11..../s1. The second-order valence-electron chi connectivity index (χ2n) is 13.1. The van der Waals surface area contributed by atoms with Crippen molar-refractivity contribution < 1.29 is 41.9 Å². The van der Waals surface area contributed by atoms with Gasteiger partial charge >= 0.3 is 11.4 Å². The van der Waals surface area contributed by atoms with E-state index in [0.717, 1.165) is 12.0 Å². The first kappa shape index (κ1) is 47.0. The van der Waals surface area contributed by atoms with Crippen molar-refractivity contribution in [3.8, 4) is 0 Å². The number of ether oxygens (including phenoxy) is 6. The molecule has 0 amide bonds. The fourth-order valence-electron chi connectivity index (χ4n) is 6.20. The van der Waals surface area contributed by atoms with E-state index in [1.807, 2.05) is 27.7 Å². The Balaban J connectivity index is 0.000000284. The van der Waals surface area contributed by atoms with Crippen LogP contribution in [0, 0.1) is 6.92 Å². The summed E-state index contributed by atoms with van der Waals surface area (Å²) in [6, 6.07) is 8.90. The Hall–Kier alpha value is -3.11. The van der Waals surface area contributed by atoms with Gasteiger partial charge in [-0.3, -0.25) is 28.7 Å². The molecular weight excluding hydrogens is 772 g/mol. The van der Waals surface area contributed by atoms with E-state index in [-0.39, 0.29) is 58.2 Å². The fraction of sp³-hybridized carbons (Fsp3) is 0.588. The molecule has 2 aromatic heterocycles. The Morgan fingerprint density at radius 1 is 0.722 bits per heavy atom. The second-order valence-corrected chi connectivity index (χ2v) is 15.7. The molecule has 54 heavy (non-hydrogen) atoms. The first-order valence-electron chi connectivity index (χ1n) is 16.1. The van der Waals surface area contributed by atoms with Gasteiger partial charge in [-0.05, 0) is 53.2 Å². The summed E-state index contributed by atoms with van der Waals surface area (Å²) in [5, 5.41) is 9.36. The molecule has 1 aromatic carbocycles. The molecule has 6 heterocycles. The van der Waals surface area contributed by atoms with Crippen LogP contribution in [0.2, 0.25) is 0 Å². The highest BCUT2D eigenvalue weighted by molar-refractivity contribution is 8.13.